The van der Waals surface area contributed by atoms with Gasteiger partial charge in [-0.3, -0.25) is 9.78 Å². The van der Waals surface area contributed by atoms with E-state index in [2.05, 4.69) is 15.9 Å². The van der Waals surface area contributed by atoms with Crippen LogP contribution < -0.4 is 11.2 Å². The van der Waals surface area contributed by atoms with E-state index in [1.807, 2.05) is 4.98 Å². The summed E-state index contributed by atoms with van der Waals surface area (Å²) in [4.78, 5) is 25.3. The lowest BCUT2D eigenvalue weighted by molar-refractivity contribution is 0.583. The van der Waals surface area contributed by atoms with Crippen molar-refractivity contribution in [3.8, 4) is 5.69 Å². The molecule has 4 nitrogen and oxygen atoms in total. The van der Waals surface area contributed by atoms with Crippen LogP contribution in [0, 0.1) is 11.6 Å². The van der Waals surface area contributed by atoms with Crippen molar-refractivity contribution in [3.63, 3.8) is 0 Å². The molecule has 0 unspecified atom stereocenters. The maximum atomic E-state index is 13.4. The van der Waals surface area contributed by atoms with Gasteiger partial charge >= 0.3 is 5.69 Å². The molecule has 0 aliphatic carbocycles. The first-order valence-electron chi connectivity index (χ1n) is 4.68. The Morgan fingerprint density at radius 1 is 1.21 bits per heavy atom. The van der Waals surface area contributed by atoms with Crippen molar-refractivity contribution in [2.24, 2.45) is 0 Å². The van der Waals surface area contributed by atoms with E-state index in [-0.39, 0.29) is 15.2 Å². The van der Waals surface area contributed by atoms with Crippen LogP contribution >= 0.6 is 39.1 Å². The average molecular weight is 372 g/mol. The summed E-state index contributed by atoms with van der Waals surface area (Å²) in [6.45, 7) is 0. The Hall–Kier alpha value is -1.18. The van der Waals surface area contributed by atoms with Crippen LogP contribution in [0.25, 0.3) is 5.69 Å². The minimum Gasteiger partial charge on any atom is -0.295 e. The summed E-state index contributed by atoms with van der Waals surface area (Å²) >= 11 is 14.1. The summed E-state index contributed by atoms with van der Waals surface area (Å²) in [5, 5.41) is -0.943. The Morgan fingerprint density at radius 2 is 1.84 bits per heavy atom. The number of aromatic amines is 1. The Kier molecular flexibility index (Phi) is 3.80. The molecule has 0 saturated heterocycles. The summed E-state index contributed by atoms with van der Waals surface area (Å²) in [6, 6.07) is 1.87. The normalized spacial score (nSPS) is 10.8. The van der Waals surface area contributed by atoms with Crippen LogP contribution in [0.5, 0.6) is 0 Å². The molecule has 0 radical (unpaired) electrons. The number of benzene rings is 1. The fourth-order valence-electron chi connectivity index (χ4n) is 1.44. The largest absolute Gasteiger partial charge is 0.334 e. The number of H-pyrrole nitrogens is 1. The number of hydrogen-bond acceptors (Lipinski definition) is 2. The van der Waals surface area contributed by atoms with Crippen LogP contribution in [0.2, 0.25) is 10.2 Å². The van der Waals surface area contributed by atoms with E-state index in [4.69, 9.17) is 23.2 Å². The lowest BCUT2D eigenvalue weighted by Crippen LogP contribution is -2.36. The second-order valence-electron chi connectivity index (χ2n) is 3.42. The zero-order chi connectivity index (χ0) is 14.3. The summed E-state index contributed by atoms with van der Waals surface area (Å²) in [5.74, 6) is -2.02. The van der Waals surface area contributed by atoms with Crippen LogP contribution in [0.3, 0.4) is 0 Å². The second-order valence-corrected chi connectivity index (χ2v) is 5.06. The smallest absolute Gasteiger partial charge is 0.295 e. The van der Waals surface area contributed by atoms with E-state index in [1.54, 1.807) is 0 Å². The molecule has 2 rings (SSSR count). The van der Waals surface area contributed by atoms with Gasteiger partial charge in [0.05, 0.1) is 10.7 Å². The first kappa shape index (κ1) is 14.2. The van der Waals surface area contributed by atoms with Gasteiger partial charge in [0.2, 0.25) is 5.82 Å². The quantitative estimate of drug-likeness (QED) is 0.783. The minimum atomic E-state index is -1.34. The molecule has 1 aromatic carbocycles. The lowest BCUT2D eigenvalue weighted by Gasteiger charge is -2.09. The van der Waals surface area contributed by atoms with Crippen LogP contribution in [0.15, 0.2) is 26.2 Å². The van der Waals surface area contributed by atoms with E-state index < -0.39 is 28.0 Å². The standard InChI is InChI=1S/C10H3BrCl2F2N2O2/c11-4-1-3(14)2-5(12)7(4)17-9(18)6(15)8(13)16-10(17)19/h1-2H,(H,16,19). The SMILES string of the molecule is O=c1[nH]c(Cl)c(F)c(=O)n1-c1c(Cl)cc(F)cc1Br. The van der Waals surface area contributed by atoms with Crippen LogP contribution in [-0.2, 0) is 0 Å². The summed E-state index contributed by atoms with van der Waals surface area (Å²) < 4.78 is 27.0. The zero-order valence-electron chi connectivity index (χ0n) is 8.81. The number of aromatic nitrogens is 2. The summed E-state index contributed by atoms with van der Waals surface area (Å²) in [5.41, 5.74) is -2.46. The highest BCUT2D eigenvalue weighted by atomic mass is 79.9. The molecule has 0 saturated carbocycles. The van der Waals surface area contributed by atoms with Gasteiger partial charge in [0.1, 0.15) is 5.82 Å². The molecule has 0 aliphatic heterocycles. The number of nitrogens with one attached hydrogen (secondary N) is 1. The van der Waals surface area contributed by atoms with Gasteiger partial charge in [0, 0.05) is 4.47 Å². The van der Waals surface area contributed by atoms with Gasteiger partial charge in [-0.15, -0.1) is 0 Å². The maximum Gasteiger partial charge on any atom is 0.334 e. The van der Waals surface area contributed by atoms with Gasteiger partial charge in [0.15, 0.2) is 5.15 Å². The molecule has 2 aromatic rings. The Bertz CT molecular complexity index is 765. The van der Waals surface area contributed by atoms with Crippen molar-refractivity contribution in [2.75, 3.05) is 0 Å². The summed E-state index contributed by atoms with van der Waals surface area (Å²) in [6.07, 6.45) is 0. The number of halogens is 5. The molecular weight excluding hydrogens is 369 g/mol. The van der Waals surface area contributed by atoms with Crippen LogP contribution in [0.1, 0.15) is 0 Å². The zero-order valence-corrected chi connectivity index (χ0v) is 11.9. The van der Waals surface area contributed by atoms with Gasteiger partial charge < -0.3 is 0 Å². The fraction of sp³-hybridized carbons (Fsp3) is 0. The predicted octanol–water partition coefficient (Wildman–Crippen LogP) is 2.87. The molecule has 0 spiro atoms. The molecule has 1 heterocycles. The monoisotopic (exact) mass is 370 g/mol. The minimum absolute atomic E-state index is 0.0202. The van der Waals surface area contributed by atoms with Gasteiger partial charge in [-0.05, 0) is 28.1 Å². The highest BCUT2D eigenvalue weighted by Gasteiger charge is 2.18. The predicted molar refractivity (Wildman–Crippen MR) is 70.3 cm³/mol. The Balaban J connectivity index is 2.93. The molecule has 100 valence electrons. The van der Waals surface area contributed by atoms with Crippen molar-refractivity contribution >= 4 is 39.1 Å². The van der Waals surface area contributed by atoms with Crippen molar-refractivity contribution in [2.45, 2.75) is 0 Å². The van der Waals surface area contributed by atoms with E-state index in [0.29, 0.717) is 4.57 Å². The number of rotatable bonds is 1. The van der Waals surface area contributed by atoms with Gasteiger partial charge in [-0.2, -0.15) is 4.39 Å². The third-order valence-corrected chi connectivity index (χ3v) is 3.36. The molecule has 19 heavy (non-hydrogen) atoms. The second kappa shape index (κ2) is 5.07. The van der Waals surface area contributed by atoms with Crippen LogP contribution in [0.4, 0.5) is 8.78 Å². The first-order chi connectivity index (χ1) is 8.82. The Labute approximate surface area is 122 Å². The topological polar surface area (TPSA) is 54.9 Å². The average Bonchev–Trinajstić information content (AvgIpc) is 2.29. The third kappa shape index (κ3) is 2.45. The van der Waals surface area contributed by atoms with E-state index in [9.17, 15) is 18.4 Å². The molecule has 1 aromatic heterocycles. The molecular formula is C10H3BrCl2F2N2O2. The molecule has 0 aliphatic rings. The molecule has 0 amide bonds. The van der Waals surface area contributed by atoms with E-state index in [0.717, 1.165) is 12.1 Å². The van der Waals surface area contributed by atoms with Gasteiger partial charge in [0.25, 0.3) is 5.56 Å². The summed E-state index contributed by atoms with van der Waals surface area (Å²) in [7, 11) is 0. The van der Waals surface area contributed by atoms with Gasteiger partial charge in [-0.1, -0.05) is 23.2 Å². The van der Waals surface area contributed by atoms with Crippen molar-refractivity contribution in [1.29, 1.82) is 0 Å². The molecule has 0 atom stereocenters. The molecule has 0 fully saturated rings. The van der Waals surface area contributed by atoms with Gasteiger partial charge in [-0.25, -0.2) is 13.8 Å². The first-order valence-corrected chi connectivity index (χ1v) is 6.23. The fourth-order valence-corrected chi connectivity index (χ4v) is 2.62. The highest BCUT2D eigenvalue weighted by Crippen LogP contribution is 2.28. The van der Waals surface area contributed by atoms with E-state index >= 15 is 0 Å². The molecule has 0 bridgehead atoms. The third-order valence-electron chi connectivity index (χ3n) is 2.21. The number of hydrogen-bond donors (Lipinski definition) is 1. The maximum absolute atomic E-state index is 13.4. The molecule has 1 N–H and O–H groups in total. The highest BCUT2D eigenvalue weighted by molar-refractivity contribution is 9.10. The molecule has 9 heteroatoms. The lowest BCUT2D eigenvalue weighted by atomic mass is 10.3. The Morgan fingerprint density at radius 3 is 2.42 bits per heavy atom. The van der Waals surface area contributed by atoms with Crippen molar-refractivity contribution < 1.29 is 8.78 Å². The van der Waals surface area contributed by atoms with E-state index in [1.165, 1.54) is 0 Å². The van der Waals surface area contributed by atoms with Crippen molar-refractivity contribution in [1.82, 2.24) is 9.55 Å². The van der Waals surface area contributed by atoms with Crippen LogP contribution in [-0.4, -0.2) is 9.55 Å². The van der Waals surface area contributed by atoms with Crippen molar-refractivity contribution in [3.05, 3.63) is 59.3 Å². The number of nitrogens with zero attached hydrogens (tertiary/aromatic N) is 1.